The number of pyridine rings is 1. The number of carbonyl (C=O) groups excluding carboxylic acids is 1. The SMILES string of the molecule is CC(C)(F)c1ccc(Cn2c3c(c4cccnc42)CCN(C(=O)C=C2CCCCC2)C3)s1. The lowest BCUT2D eigenvalue weighted by molar-refractivity contribution is -0.127. The third kappa shape index (κ3) is 4.13. The molecule has 168 valence electrons. The molecule has 32 heavy (non-hydrogen) atoms. The van der Waals surface area contributed by atoms with Gasteiger partial charge in [0, 0.05) is 39.7 Å². The Morgan fingerprint density at radius 3 is 2.75 bits per heavy atom. The Kier molecular flexibility index (Phi) is 5.66. The van der Waals surface area contributed by atoms with Crippen molar-refractivity contribution in [3.63, 3.8) is 0 Å². The highest BCUT2D eigenvalue weighted by Crippen LogP contribution is 2.34. The van der Waals surface area contributed by atoms with Crippen LogP contribution >= 0.6 is 11.3 Å². The fourth-order valence-corrected chi connectivity index (χ4v) is 5.96. The van der Waals surface area contributed by atoms with Gasteiger partial charge >= 0.3 is 0 Å². The number of alkyl halides is 1. The van der Waals surface area contributed by atoms with Gasteiger partial charge < -0.3 is 9.47 Å². The number of halogens is 1. The first-order valence-corrected chi connectivity index (χ1v) is 12.4. The van der Waals surface area contributed by atoms with E-state index >= 15 is 0 Å². The zero-order valence-electron chi connectivity index (χ0n) is 18.9. The van der Waals surface area contributed by atoms with E-state index in [9.17, 15) is 9.18 Å². The monoisotopic (exact) mass is 451 g/mol. The molecule has 1 aliphatic heterocycles. The molecule has 5 rings (SSSR count). The smallest absolute Gasteiger partial charge is 0.246 e. The molecule has 0 atom stereocenters. The Hall–Kier alpha value is -2.47. The van der Waals surface area contributed by atoms with E-state index in [0.717, 1.165) is 46.9 Å². The van der Waals surface area contributed by atoms with Crippen LogP contribution in [0.4, 0.5) is 4.39 Å². The van der Waals surface area contributed by atoms with E-state index in [1.807, 2.05) is 35.4 Å². The van der Waals surface area contributed by atoms with Crippen molar-refractivity contribution in [1.82, 2.24) is 14.5 Å². The van der Waals surface area contributed by atoms with E-state index in [2.05, 4.69) is 15.6 Å². The summed E-state index contributed by atoms with van der Waals surface area (Å²) in [6, 6.07) is 8.01. The first-order chi connectivity index (χ1) is 15.4. The maximum atomic E-state index is 14.4. The van der Waals surface area contributed by atoms with Gasteiger partial charge in [-0.05, 0) is 75.8 Å². The Bertz CT molecular complexity index is 1180. The van der Waals surface area contributed by atoms with Crippen LogP contribution in [0.25, 0.3) is 11.0 Å². The summed E-state index contributed by atoms with van der Waals surface area (Å²) >= 11 is 1.51. The van der Waals surface area contributed by atoms with Crippen LogP contribution in [-0.4, -0.2) is 26.9 Å². The average molecular weight is 452 g/mol. The number of hydrogen-bond acceptors (Lipinski definition) is 3. The topological polar surface area (TPSA) is 38.1 Å². The maximum absolute atomic E-state index is 14.4. The first-order valence-electron chi connectivity index (χ1n) is 11.6. The predicted molar refractivity (Wildman–Crippen MR) is 128 cm³/mol. The number of nitrogens with zero attached hydrogens (tertiary/aromatic N) is 3. The molecule has 1 amide bonds. The van der Waals surface area contributed by atoms with Crippen molar-refractivity contribution in [2.24, 2.45) is 0 Å². The van der Waals surface area contributed by atoms with E-state index in [-0.39, 0.29) is 5.91 Å². The Morgan fingerprint density at radius 2 is 2.00 bits per heavy atom. The summed E-state index contributed by atoms with van der Waals surface area (Å²) in [4.78, 5) is 21.6. The lowest BCUT2D eigenvalue weighted by Crippen LogP contribution is -2.36. The van der Waals surface area contributed by atoms with Gasteiger partial charge in [-0.15, -0.1) is 11.3 Å². The molecule has 1 fully saturated rings. The molecule has 3 aromatic heterocycles. The van der Waals surface area contributed by atoms with Gasteiger partial charge in [0.25, 0.3) is 0 Å². The molecule has 4 heterocycles. The van der Waals surface area contributed by atoms with Crippen molar-refractivity contribution in [1.29, 1.82) is 0 Å². The van der Waals surface area contributed by atoms with E-state index in [4.69, 9.17) is 0 Å². The Balaban J connectivity index is 1.47. The quantitative estimate of drug-likeness (QED) is 0.448. The van der Waals surface area contributed by atoms with Crippen molar-refractivity contribution in [3.8, 4) is 0 Å². The number of allylic oxidation sites excluding steroid dienone is 1. The van der Waals surface area contributed by atoms with Gasteiger partial charge in [-0.2, -0.15) is 0 Å². The van der Waals surface area contributed by atoms with Crippen LogP contribution in [0, 0.1) is 0 Å². The second-order valence-corrected chi connectivity index (χ2v) is 10.7. The molecule has 6 heteroatoms. The second kappa shape index (κ2) is 8.47. The number of hydrogen-bond donors (Lipinski definition) is 0. The molecule has 0 spiro atoms. The maximum Gasteiger partial charge on any atom is 0.246 e. The number of carbonyl (C=O) groups is 1. The molecular weight excluding hydrogens is 421 g/mol. The first kappa shape index (κ1) is 21.4. The lowest BCUT2D eigenvalue weighted by Gasteiger charge is -2.28. The third-order valence-corrected chi connectivity index (χ3v) is 8.08. The molecule has 0 N–H and O–H groups in total. The zero-order valence-corrected chi connectivity index (χ0v) is 19.7. The summed E-state index contributed by atoms with van der Waals surface area (Å²) in [6.45, 7) is 5.18. The average Bonchev–Trinajstić information content (AvgIpc) is 3.38. The molecule has 4 nitrogen and oxygen atoms in total. The minimum absolute atomic E-state index is 0.134. The van der Waals surface area contributed by atoms with Gasteiger partial charge in [-0.25, -0.2) is 9.37 Å². The summed E-state index contributed by atoms with van der Waals surface area (Å²) in [7, 11) is 0. The van der Waals surface area contributed by atoms with Gasteiger partial charge in [0.15, 0.2) is 0 Å². The zero-order chi connectivity index (χ0) is 22.3. The molecule has 0 saturated heterocycles. The van der Waals surface area contributed by atoms with Crippen molar-refractivity contribution in [2.45, 2.75) is 71.1 Å². The standard InChI is InChI=1S/C26H30FN3OS/c1-26(2,27)23-11-10-19(32-23)16-30-22-17-29(24(31)15-18-7-4-3-5-8-18)14-12-20(22)21-9-6-13-28-25(21)30/h6,9-11,13,15H,3-5,7-8,12,14,16-17H2,1-2H3. The van der Waals surface area contributed by atoms with Crippen LogP contribution in [0.3, 0.4) is 0 Å². The van der Waals surface area contributed by atoms with Gasteiger partial charge in [0.05, 0.1) is 13.1 Å². The highest BCUT2D eigenvalue weighted by atomic mass is 32.1. The molecule has 0 unspecified atom stereocenters. The van der Waals surface area contributed by atoms with Crippen molar-refractivity contribution in [3.05, 3.63) is 63.1 Å². The van der Waals surface area contributed by atoms with Crippen molar-refractivity contribution in [2.75, 3.05) is 6.54 Å². The Labute approximate surface area is 192 Å². The third-order valence-electron chi connectivity index (χ3n) is 6.71. The van der Waals surface area contributed by atoms with Gasteiger partial charge in [-0.3, -0.25) is 4.79 Å². The largest absolute Gasteiger partial charge is 0.333 e. The number of fused-ring (bicyclic) bond motifs is 3. The van der Waals surface area contributed by atoms with Crippen molar-refractivity contribution < 1.29 is 9.18 Å². The number of aromatic nitrogens is 2. The minimum atomic E-state index is -1.34. The van der Waals surface area contributed by atoms with Crippen LogP contribution in [0.15, 0.2) is 42.1 Å². The molecule has 1 aliphatic carbocycles. The normalized spacial score (nSPS) is 17.0. The number of thiophene rings is 1. The van der Waals surface area contributed by atoms with Crippen LogP contribution in [0.2, 0.25) is 0 Å². The van der Waals surface area contributed by atoms with Gasteiger partial charge in [0.1, 0.15) is 11.3 Å². The molecule has 0 radical (unpaired) electrons. The summed E-state index contributed by atoms with van der Waals surface area (Å²) in [6.07, 6.45) is 10.3. The molecule has 0 bridgehead atoms. The number of rotatable bonds is 4. The summed E-state index contributed by atoms with van der Waals surface area (Å²) in [5.41, 5.74) is 3.37. The molecule has 0 aromatic carbocycles. The van der Waals surface area contributed by atoms with Crippen LogP contribution in [0.5, 0.6) is 0 Å². The lowest BCUT2D eigenvalue weighted by atomic mass is 9.94. The molecule has 2 aliphatic rings. The summed E-state index contributed by atoms with van der Waals surface area (Å²) < 4.78 is 16.6. The molecule has 1 saturated carbocycles. The highest BCUT2D eigenvalue weighted by molar-refractivity contribution is 7.12. The minimum Gasteiger partial charge on any atom is -0.333 e. The summed E-state index contributed by atoms with van der Waals surface area (Å²) in [5.74, 6) is 0.134. The Morgan fingerprint density at radius 1 is 1.19 bits per heavy atom. The highest BCUT2D eigenvalue weighted by Gasteiger charge is 2.27. The second-order valence-electron chi connectivity index (χ2n) is 9.50. The van der Waals surface area contributed by atoms with E-state index in [1.165, 1.54) is 47.1 Å². The fraction of sp³-hybridized carbons (Fsp3) is 0.462. The number of amides is 1. The van der Waals surface area contributed by atoms with Crippen LogP contribution < -0.4 is 0 Å². The van der Waals surface area contributed by atoms with Gasteiger partial charge in [0.2, 0.25) is 5.91 Å². The van der Waals surface area contributed by atoms with Gasteiger partial charge in [-0.1, -0.05) is 12.0 Å². The van der Waals surface area contributed by atoms with E-state index < -0.39 is 5.67 Å². The van der Waals surface area contributed by atoms with Crippen molar-refractivity contribution >= 4 is 28.3 Å². The fourth-order valence-electron chi connectivity index (χ4n) is 4.97. The molecular formula is C26H30FN3OS. The predicted octanol–water partition coefficient (Wildman–Crippen LogP) is 6.13. The molecule has 3 aromatic rings. The van der Waals surface area contributed by atoms with Crippen LogP contribution in [-0.2, 0) is 30.0 Å². The van der Waals surface area contributed by atoms with E-state index in [1.54, 1.807) is 13.8 Å². The van der Waals surface area contributed by atoms with E-state index in [0.29, 0.717) is 13.1 Å². The summed E-state index contributed by atoms with van der Waals surface area (Å²) in [5, 5.41) is 1.17. The van der Waals surface area contributed by atoms with Crippen LogP contribution in [0.1, 0.15) is 67.0 Å².